The summed E-state index contributed by atoms with van der Waals surface area (Å²) >= 11 is 0. The van der Waals surface area contributed by atoms with E-state index >= 15 is 0 Å². The molecule has 0 bridgehead atoms. The molecule has 3 nitrogen and oxygen atoms in total. The van der Waals surface area contributed by atoms with E-state index in [0.29, 0.717) is 28.0 Å². The average molecular weight is 343 g/mol. The highest BCUT2D eigenvalue weighted by atomic mass is 19.3. The van der Waals surface area contributed by atoms with Crippen LogP contribution in [0.5, 0.6) is 5.75 Å². The number of fused-ring (bicyclic) bond motifs is 1. The molecule has 130 valence electrons. The SMILES string of the molecule is CCC(F)(F)c1cccc(-n2c(C)cc(=O)c3ccc(OC)cc32)c1. The number of aromatic nitrogens is 1. The fourth-order valence-electron chi connectivity index (χ4n) is 2.97. The molecule has 0 spiro atoms. The summed E-state index contributed by atoms with van der Waals surface area (Å²) in [6.45, 7) is 3.24. The van der Waals surface area contributed by atoms with Crippen molar-refractivity contribution < 1.29 is 13.5 Å². The van der Waals surface area contributed by atoms with Crippen molar-refractivity contribution in [3.63, 3.8) is 0 Å². The van der Waals surface area contributed by atoms with E-state index in [1.165, 1.54) is 25.1 Å². The smallest absolute Gasteiger partial charge is 0.273 e. The third-order valence-corrected chi connectivity index (χ3v) is 4.37. The van der Waals surface area contributed by atoms with Crippen molar-refractivity contribution in [1.29, 1.82) is 0 Å². The van der Waals surface area contributed by atoms with Crippen LogP contribution in [0.15, 0.2) is 53.3 Å². The van der Waals surface area contributed by atoms with E-state index in [1.807, 2.05) is 0 Å². The molecule has 3 rings (SSSR count). The Morgan fingerprint density at radius 3 is 2.56 bits per heavy atom. The highest BCUT2D eigenvalue weighted by Crippen LogP contribution is 2.33. The Hall–Kier alpha value is -2.69. The number of hydrogen-bond donors (Lipinski definition) is 0. The van der Waals surface area contributed by atoms with Crippen LogP contribution in [0.1, 0.15) is 24.6 Å². The summed E-state index contributed by atoms with van der Waals surface area (Å²) < 4.78 is 35.3. The van der Waals surface area contributed by atoms with Crippen molar-refractivity contribution in [2.45, 2.75) is 26.2 Å². The van der Waals surface area contributed by atoms with Gasteiger partial charge in [-0.25, -0.2) is 8.78 Å². The summed E-state index contributed by atoms with van der Waals surface area (Å²) in [5.74, 6) is -2.29. The fraction of sp³-hybridized carbons (Fsp3) is 0.250. The number of hydrogen-bond acceptors (Lipinski definition) is 2. The minimum atomic E-state index is -2.89. The lowest BCUT2D eigenvalue weighted by Crippen LogP contribution is -2.14. The van der Waals surface area contributed by atoms with Gasteiger partial charge in [0.05, 0.1) is 12.6 Å². The standard InChI is InChI=1S/C20H19F2NO2/c1-4-20(21,22)14-6-5-7-15(11-14)23-13(2)10-19(24)17-9-8-16(25-3)12-18(17)23/h5-12H,4H2,1-3H3. The summed E-state index contributed by atoms with van der Waals surface area (Å²) in [4.78, 5) is 12.3. The van der Waals surface area contributed by atoms with Crippen LogP contribution in [0.2, 0.25) is 0 Å². The van der Waals surface area contributed by atoms with Gasteiger partial charge >= 0.3 is 0 Å². The summed E-state index contributed by atoms with van der Waals surface area (Å²) in [7, 11) is 1.54. The molecular formula is C20H19F2NO2. The zero-order chi connectivity index (χ0) is 18.2. The topological polar surface area (TPSA) is 31.2 Å². The Balaban J connectivity index is 2.32. The van der Waals surface area contributed by atoms with E-state index in [2.05, 4.69) is 0 Å². The first-order chi connectivity index (χ1) is 11.9. The molecule has 0 aliphatic carbocycles. The van der Waals surface area contributed by atoms with Gasteiger partial charge in [0.2, 0.25) is 0 Å². The van der Waals surface area contributed by atoms with Gasteiger partial charge in [0.15, 0.2) is 5.43 Å². The van der Waals surface area contributed by atoms with Crippen LogP contribution >= 0.6 is 0 Å². The number of methoxy groups -OCH3 is 1. The van der Waals surface area contributed by atoms with Gasteiger partial charge in [-0.05, 0) is 31.2 Å². The molecule has 5 heteroatoms. The van der Waals surface area contributed by atoms with Crippen LogP contribution in [0.25, 0.3) is 16.6 Å². The molecule has 0 radical (unpaired) electrons. The number of aryl methyl sites for hydroxylation is 1. The minimum Gasteiger partial charge on any atom is -0.497 e. The van der Waals surface area contributed by atoms with Gasteiger partial charge in [-0.3, -0.25) is 4.79 Å². The zero-order valence-electron chi connectivity index (χ0n) is 14.3. The maximum absolute atomic E-state index is 14.1. The monoisotopic (exact) mass is 343 g/mol. The predicted molar refractivity (Wildman–Crippen MR) is 95.0 cm³/mol. The van der Waals surface area contributed by atoms with Crippen molar-refractivity contribution in [2.24, 2.45) is 0 Å². The van der Waals surface area contributed by atoms with Crippen LogP contribution in [0, 0.1) is 6.92 Å². The zero-order valence-corrected chi connectivity index (χ0v) is 14.3. The van der Waals surface area contributed by atoms with Crippen LogP contribution in [-0.2, 0) is 5.92 Å². The highest BCUT2D eigenvalue weighted by Gasteiger charge is 2.29. The first-order valence-corrected chi connectivity index (χ1v) is 8.06. The van der Waals surface area contributed by atoms with Crippen LogP contribution in [-0.4, -0.2) is 11.7 Å². The minimum absolute atomic E-state index is 0.0401. The van der Waals surface area contributed by atoms with E-state index in [-0.39, 0.29) is 17.4 Å². The Morgan fingerprint density at radius 2 is 1.88 bits per heavy atom. The fourth-order valence-corrected chi connectivity index (χ4v) is 2.97. The summed E-state index contributed by atoms with van der Waals surface area (Å²) in [5, 5.41) is 0.513. The molecule has 3 aromatic rings. The predicted octanol–water partition coefficient (Wildman–Crippen LogP) is 4.81. The summed E-state index contributed by atoms with van der Waals surface area (Å²) in [5.41, 5.74) is 1.73. The van der Waals surface area contributed by atoms with Gasteiger partial charge < -0.3 is 9.30 Å². The van der Waals surface area contributed by atoms with Gasteiger partial charge in [-0.1, -0.05) is 19.1 Å². The summed E-state index contributed by atoms with van der Waals surface area (Å²) in [6, 6.07) is 12.9. The van der Waals surface area contributed by atoms with E-state index in [1.54, 1.807) is 48.9 Å². The molecule has 0 aliphatic rings. The number of rotatable bonds is 4. The molecule has 1 heterocycles. The van der Waals surface area contributed by atoms with Gasteiger partial charge in [0.1, 0.15) is 5.75 Å². The molecule has 0 atom stereocenters. The number of nitrogens with zero attached hydrogens (tertiary/aromatic N) is 1. The third-order valence-electron chi connectivity index (χ3n) is 4.37. The summed E-state index contributed by atoms with van der Waals surface area (Å²) in [6.07, 6.45) is -0.270. The van der Waals surface area contributed by atoms with Crippen molar-refractivity contribution in [3.8, 4) is 11.4 Å². The first kappa shape index (κ1) is 17.1. The molecule has 0 saturated heterocycles. The number of alkyl halides is 2. The maximum Gasteiger partial charge on any atom is 0.273 e. The van der Waals surface area contributed by atoms with Gasteiger partial charge in [0.25, 0.3) is 5.92 Å². The molecule has 0 unspecified atom stereocenters. The molecule has 0 N–H and O–H groups in total. The van der Waals surface area contributed by atoms with Gasteiger partial charge in [-0.2, -0.15) is 0 Å². The lowest BCUT2D eigenvalue weighted by atomic mass is 10.0. The molecule has 0 fully saturated rings. The molecule has 0 saturated carbocycles. The second-order valence-electron chi connectivity index (χ2n) is 5.98. The number of ether oxygens (including phenoxy) is 1. The lowest BCUT2D eigenvalue weighted by molar-refractivity contribution is -0.00829. The molecule has 25 heavy (non-hydrogen) atoms. The third kappa shape index (κ3) is 3.02. The van der Waals surface area contributed by atoms with Crippen LogP contribution in [0.4, 0.5) is 8.78 Å². The van der Waals surface area contributed by atoms with Crippen molar-refractivity contribution >= 4 is 10.9 Å². The van der Waals surface area contributed by atoms with Crippen molar-refractivity contribution in [2.75, 3.05) is 7.11 Å². The lowest BCUT2D eigenvalue weighted by Gasteiger charge is -2.19. The largest absolute Gasteiger partial charge is 0.497 e. The van der Waals surface area contributed by atoms with E-state index in [4.69, 9.17) is 4.74 Å². The normalized spacial score (nSPS) is 11.7. The van der Waals surface area contributed by atoms with Gasteiger partial charge in [-0.15, -0.1) is 0 Å². The molecule has 0 amide bonds. The Labute approximate surface area is 144 Å². The second kappa shape index (κ2) is 6.31. The van der Waals surface area contributed by atoms with E-state index in [9.17, 15) is 13.6 Å². The Bertz CT molecular complexity index is 993. The number of pyridine rings is 1. The highest BCUT2D eigenvalue weighted by molar-refractivity contribution is 5.82. The first-order valence-electron chi connectivity index (χ1n) is 8.06. The number of halogens is 2. The Morgan fingerprint density at radius 1 is 1.12 bits per heavy atom. The van der Waals surface area contributed by atoms with E-state index in [0.717, 1.165) is 0 Å². The van der Waals surface area contributed by atoms with E-state index < -0.39 is 5.92 Å². The quantitative estimate of drug-likeness (QED) is 0.681. The Kier molecular flexibility index (Phi) is 4.33. The average Bonchev–Trinajstić information content (AvgIpc) is 2.61. The van der Waals surface area contributed by atoms with Crippen molar-refractivity contribution in [1.82, 2.24) is 4.57 Å². The van der Waals surface area contributed by atoms with Crippen LogP contribution in [0.3, 0.4) is 0 Å². The maximum atomic E-state index is 14.1. The molecular weight excluding hydrogens is 324 g/mol. The second-order valence-corrected chi connectivity index (χ2v) is 5.98. The number of benzene rings is 2. The van der Waals surface area contributed by atoms with Gasteiger partial charge in [0, 0.05) is 40.9 Å². The van der Waals surface area contributed by atoms with Crippen LogP contribution < -0.4 is 10.2 Å². The molecule has 0 aliphatic heterocycles. The molecule has 1 aromatic heterocycles. The van der Waals surface area contributed by atoms with Crippen molar-refractivity contribution in [3.05, 3.63) is 70.0 Å². The molecule has 2 aromatic carbocycles.